The minimum atomic E-state index is -0.630. The topological polar surface area (TPSA) is 29.5 Å². The molecule has 3 heteroatoms. The predicted octanol–water partition coefficient (Wildman–Crippen LogP) is 3.24. The maximum atomic E-state index is 12.2. The number of ether oxygens (including phenoxy) is 1. The molecule has 2 aromatic rings. The summed E-state index contributed by atoms with van der Waals surface area (Å²) in [6.45, 7) is 1.14. The van der Waals surface area contributed by atoms with Gasteiger partial charge in [-0.05, 0) is 12.3 Å². The molecule has 0 spiro atoms. The molecule has 0 amide bonds. The van der Waals surface area contributed by atoms with Crippen molar-refractivity contribution in [3.8, 4) is 5.75 Å². The first-order valence-corrected chi connectivity index (χ1v) is 5.62. The van der Waals surface area contributed by atoms with Crippen LogP contribution in [0.25, 0.3) is 10.8 Å². The van der Waals surface area contributed by atoms with Crippen molar-refractivity contribution in [3.63, 3.8) is 0 Å². The van der Waals surface area contributed by atoms with Crippen LogP contribution < -0.4 is 4.74 Å². The van der Waals surface area contributed by atoms with Crippen LogP contribution >= 0.6 is 0 Å². The molecule has 90 valence electrons. The second-order valence-electron chi connectivity index (χ2n) is 3.92. The number of rotatable bonds is 4. The van der Waals surface area contributed by atoms with Crippen molar-refractivity contribution in [2.75, 3.05) is 13.3 Å². The van der Waals surface area contributed by atoms with Crippen molar-refractivity contribution in [1.29, 1.82) is 0 Å². The lowest BCUT2D eigenvalue weighted by atomic mass is 10.0. The molecule has 0 bridgehead atoms. The SMILES string of the molecule is C[C@H](O)c1ccc2ccccc2c1OCCF. The van der Waals surface area contributed by atoms with Crippen LogP contribution in [0.5, 0.6) is 5.75 Å². The number of fused-ring (bicyclic) bond motifs is 1. The van der Waals surface area contributed by atoms with Crippen LogP contribution in [-0.2, 0) is 0 Å². The third-order valence-electron chi connectivity index (χ3n) is 2.68. The average molecular weight is 234 g/mol. The fourth-order valence-corrected chi connectivity index (χ4v) is 1.89. The van der Waals surface area contributed by atoms with E-state index >= 15 is 0 Å². The van der Waals surface area contributed by atoms with E-state index in [-0.39, 0.29) is 6.61 Å². The second-order valence-corrected chi connectivity index (χ2v) is 3.92. The summed E-state index contributed by atoms with van der Waals surface area (Å²) >= 11 is 0. The van der Waals surface area contributed by atoms with Gasteiger partial charge < -0.3 is 9.84 Å². The molecule has 0 fully saturated rings. The standard InChI is InChI=1S/C14H15FO2/c1-10(16)12-7-6-11-4-2-3-5-13(11)14(12)17-9-8-15/h2-7,10,16H,8-9H2,1H3/t10-/m0/s1. The maximum Gasteiger partial charge on any atom is 0.133 e. The maximum absolute atomic E-state index is 12.2. The molecule has 0 aliphatic carbocycles. The van der Waals surface area contributed by atoms with Gasteiger partial charge in [0.05, 0.1) is 6.10 Å². The highest BCUT2D eigenvalue weighted by Crippen LogP contribution is 2.33. The van der Waals surface area contributed by atoms with Gasteiger partial charge in [0, 0.05) is 10.9 Å². The normalized spacial score (nSPS) is 12.6. The molecule has 17 heavy (non-hydrogen) atoms. The Hall–Kier alpha value is -1.61. The van der Waals surface area contributed by atoms with Crippen molar-refractivity contribution >= 4 is 10.8 Å². The molecule has 0 unspecified atom stereocenters. The summed E-state index contributed by atoms with van der Waals surface area (Å²) in [6.07, 6.45) is -0.630. The van der Waals surface area contributed by atoms with Crippen LogP contribution in [0, 0.1) is 0 Å². The molecule has 0 saturated heterocycles. The van der Waals surface area contributed by atoms with Crippen molar-refractivity contribution in [2.45, 2.75) is 13.0 Å². The van der Waals surface area contributed by atoms with Crippen LogP contribution in [0.1, 0.15) is 18.6 Å². The van der Waals surface area contributed by atoms with E-state index in [9.17, 15) is 9.50 Å². The highest BCUT2D eigenvalue weighted by Gasteiger charge is 2.12. The summed E-state index contributed by atoms with van der Waals surface area (Å²) in [7, 11) is 0. The Kier molecular flexibility index (Phi) is 3.59. The quantitative estimate of drug-likeness (QED) is 0.880. The molecule has 2 nitrogen and oxygen atoms in total. The zero-order valence-corrected chi connectivity index (χ0v) is 9.69. The molecule has 0 saturated carbocycles. The molecule has 2 rings (SSSR count). The number of hydrogen-bond acceptors (Lipinski definition) is 2. The Morgan fingerprint density at radius 1 is 1.24 bits per heavy atom. The molecule has 0 aliphatic heterocycles. The van der Waals surface area contributed by atoms with Gasteiger partial charge in [-0.15, -0.1) is 0 Å². The van der Waals surface area contributed by atoms with Crippen molar-refractivity contribution in [1.82, 2.24) is 0 Å². The fourth-order valence-electron chi connectivity index (χ4n) is 1.89. The molecule has 0 heterocycles. The third-order valence-corrected chi connectivity index (χ3v) is 2.68. The number of aliphatic hydroxyl groups is 1. The van der Waals surface area contributed by atoms with Gasteiger partial charge in [-0.3, -0.25) is 0 Å². The van der Waals surface area contributed by atoms with Crippen molar-refractivity contribution < 1.29 is 14.2 Å². The zero-order valence-electron chi connectivity index (χ0n) is 9.69. The molecular weight excluding hydrogens is 219 g/mol. The van der Waals surface area contributed by atoms with E-state index in [1.54, 1.807) is 6.92 Å². The van der Waals surface area contributed by atoms with E-state index in [0.717, 1.165) is 10.8 Å². The number of alkyl halides is 1. The summed E-state index contributed by atoms with van der Waals surface area (Å²) in [4.78, 5) is 0. The minimum Gasteiger partial charge on any atom is -0.490 e. The molecule has 1 N–H and O–H groups in total. The highest BCUT2D eigenvalue weighted by atomic mass is 19.1. The zero-order chi connectivity index (χ0) is 12.3. The number of aliphatic hydroxyl groups excluding tert-OH is 1. The van der Waals surface area contributed by atoms with Gasteiger partial charge in [-0.25, -0.2) is 4.39 Å². The van der Waals surface area contributed by atoms with E-state index in [0.29, 0.717) is 11.3 Å². The van der Waals surface area contributed by atoms with Gasteiger partial charge in [-0.1, -0.05) is 36.4 Å². The number of benzene rings is 2. The third kappa shape index (κ3) is 2.39. The molecule has 2 aromatic carbocycles. The van der Waals surface area contributed by atoms with Crippen molar-refractivity contribution in [3.05, 3.63) is 42.0 Å². The molecule has 0 aliphatic rings. The number of halogens is 1. The summed E-state index contributed by atoms with van der Waals surface area (Å²) in [5.41, 5.74) is 0.692. The van der Waals surface area contributed by atoms with Gasteiger partial charge in [0.15, 0.2) is 0 Å². The molecule has 0 aromatic heterocycles. The van der Waals surface area contributed by atoms with Gasteiger partial charge >= 0.3 is 0 Å². The Bertz CT molecular complexity index is 509. The monoisotopic (exact) mass is 234 g/mol. The Morgan fingerprint density at radius 3 is 2.71 bits per heavy atom. The van der Waals surface area contributed by atoms with Crippen LogP contribution in [0.2, 0.25) is 0 Å². The van der Waals surface area contributed by atoms with E-state index in [2.05, 4.69) is 0 Å². The first-order chi connectivity index (χ1) is 8.24. The Morgan fingerprint density at radius 2 is 2.00 bits per heavy atom. The first kappa shape index (κ1) is 11.9. The van der Waals surface area contributed by atoms with Crippen LogP contribution in [0.15, 0.2) is 36.4 Å². The summed E-state index contributed by atoms with van der Waals surface area (Å²) in [5, 5.41) is 11.6. The Labute approximate surface area is 99.6 Å². The van der Waals surface area contributed by atoms with E-state index in [1.807, 2.05) is 36.4 Å². The second kappa shape index (κ2) is 5.15. The van der Waals surface area contributed by atoms with E-state index < -0.39 is 12.8 Å². The largest absolute Gasteiger partial charge is 0.490 e. The predicted molar refractivity (Wildman–Crippen MR) is 66.1 cm³/mol. The molecule has 0 radical (unpaired) electrons. The van der Waals surface area contributed by atoms with Gasteiger partial charge in [0.25, 0.3) is 0 Å². The van der Waals surface area contributed by atoms with Gasteiger partial charge in [-0.2, -0.15) is 0 Å². The molecular formula is C14H15FO2. The minimum absolute atomic E-state index is 0.00767. The lowest BCUT2D eigenvalue weighted by molar-refractivity contribution is 0.190. The lowest BCUT2D eigenvalue weighted by Crippen LogP contribution is -2.04. The van der Waals surface area contributed by atoms with Crippen LogP contribution in [-0.4, -0.2) is 18.4 Å². The summed E-state index contributed by atoms with van der Waals surface area (Å²) in [5.74, 6) is 0.579. The first-order valence-electron chi connectivity index (χ1n) is 5.62. The highest BCUT2D eigenvalue weighted by molar-refractivity contribution is 5.89. The van der Waals surface area contributed by atoms with Gasteiger partial charge in [0.1, 0.15) is 19.0 Å². The van der Waals surface area contributed by atoms with Crippen LogP contribution in [0.4, 0.5) is 4.39 Å². The fraction of sp³-hybridized carbons (Fsp3) is 0.286. The smallest absolute Gasteiger partial charge is 0.133 e. The van der Waals surface area contributed by atoms with Crippen molar-refractivity contribution in [2.24, 2.45) is 0 Å². The summed E-state index contributed by atoms with van der Waals surface area (Å²) in [6, 6.07) is 11.5. The van der Waals surface area contributed by atoms with E-state index in [1.165, 1.54) is 0 Å². The average Bonchev–Trinajstić information content (AvgIpc) is 2.35. The molecule has 1 atom stereocenters. The lowest BCUT2D eigenvalue weighted by Gasteiger charge is -2.15. The van der Waals surface area contributed by atoms with Gasteiger partial charge in [0.2, 0.25) is 0 Å². The Balaban J connectivity index is 2.57. The van der Waals surface area contributed by atoms with Crippen LogP contribution in [0.3, 0.4) is 0 Å². The number of hydrogen-bond donors (Lipinski definition) is 1. The summed E-state index contributed by atoms with van der Waals surface area (Å²) < 4.78 is 17.7. The van der Waals surface area contributed by atoms with E-state index in [4.69, 9.17) is 4.74 Å².